The second-order valence-electron chi connectivity index (χ2n) is 5.15. The van der Waals surface area contributed by atoms with Gasteiger partial charge in [0, 0.05) is 5.92 Å². The number of carbonyl (C=O) groups is 3. The van der Waals surface area contributed by atoms with Gasteiger partial charge in [0.1, 0.15) is 0 Å². The fraction of sp³-hybridized carbons (Fsp3) is 0.615. The number of cyclic esters (lactones) is 2. The first kappa shape index (κ1) is 11.4. The Kier molecular flexibility index (Phi) is 2.33. The lowest BCUT2D eigenvalue weighted by Crippen LogP contribution is -2.45. The van der Waals surface area contributed by atoms with Gasteiger partial charge in [-0.2, -0.15) is 0 Å². The number of ether oxygens (including phenoxy) is 2. The Balaban J connectivity index is 2.17. The van der Waals surface area contributed by atoms with E-state index in [1.807, 2.05) is 12.2 Å². The number of hydrogen-bond acceptors (Lipinski definition) is 5. The monoisotopic (exact) mass is 250 g/mol. The second kappa shape index (κ2) is 3.67. The van der Waals surface area contributed by atoms with Crippen LogP contribution in [0.15, 0.2) is 12.2 Å². The molecule has 0 aromatic rings. The summed E-state index contributed by atoms with van der Waals surface area (Å²) in [5, 5.41) is 0. The summed E-state index contributed by atoms with van der Waals surface area (Å²) in [7, 11) is 1.24. The van der Waals surface area contributed by atoms with Crippen molar-refractivity contribution in [3.63, 3.8) is 0 Å². The number of fused-ring (bicyclic) bond motifs is 5. The molecule has 1 aliphatic heterocycles. The highest BCUT2D eigenvalue weighted by Gasteiger charge is 2.72. The van der Waals surface area contributed by atoms with E-state index < -0.39 is 29.2 Å². The zero-order chi connectivity index (χ0) is 12.9. The summed E-state index contributed by atoms with van der Waals surface area (Å²) >= 11 is 0. The van der Waals surface area contributed by atoms with Gasteiger partial charge in [-0.3, -0.25) is 14.4 Å². The molecule has 2 fully saturated rings. The fourth-order valence-electron chi connectivity index (χ4n) is 3.76. The normalized spacial score (nSPS) is 41.3. The van der Waals surface area contributed by atoms with E-state index >= 15 is 0 Å². The average Bonchev–Trinajstić information content (AvgIpc) is 2.65. The molecule has 0 unspecified atom stereocenters. The molecule has 0 N–H and O–H groups in total. The molecule has 2 aliphatic carbocycles. The highest BCUT2D eigenvalue weighted by molar-refractivity contribution is 6.13. The molecule has 1 heterocycles. The number of methoxy groups -OCH3 is 1. The molecule has 0 aromatic carbocycles. The van der Waals surface area contributed by atoms with E-state index in [4.69, 9.17) is 9.47 Å². The van der Waals surface area contributed by atoms with Gasteiger partial charge in [0.05, 0.1) is 13.0 Å². The SMILES string of the molecule is COC(=O)[C@]12C(=O)OC(=O)[C@H]1[C@@H]1CCC=C[C@H]2C1. The van der Waals surface area contributed by atoms with Gasteiger partial charge >= 0.3 is 17.9 Å². The average molecular weight is 250 g/mol. The van der Waals surface area contributed by atoms with Crippen molar-refractivity contribution in [2.75, 3.05) is 7.11 Å². The molecule has 0 amide bonds. The summed E-state index contributed by atoms with van der Waals surface area (Å²) < 4.78 is 9.51. The van der Waals surface area contributed by atoms with Crippen molar-refractivity contribution in [1.82, 2.24) is 0 Å². The van der Waals surface area contributed by atoms with E-state index in [1.165, 1.54) is 7.11 Å². The van der Waals surface area contributed by atoms with Crippen LogP contribution in [0.1, 0.15) is 19.3 Å². The number of hydrogen-bond donors (Lipinski definition) is 0. The molecule has 1 saturated heterocycles. The van der Waals surface area contributed by atoms with Gasteiger partial charge in [-0.05, 0) is 25.2 Å². The summed E-state index contributed by atoms with van der Waals surface area (Å²) in [6.07, 6.45) is 6.20. The first-order valence-corrected chi connectivity index (χ1v) is 6.13. The van der Waals surface area contributed by atoms with Gasteiger partial charge in [-0.15, -0.1) is 0 Å². The maximum atomic E-state index is 12.1. The highest BCUT2D eigenvalue weighted by atomic mass is 16.6. The Morgan fingerprint density at radius 1 is 1.50 bits per heavy atom. The third-order valence-corrected chi connectivity index (χ3v) is 4.48. The van der Waals surface area contributed by atoms with Crippen LogP contribution < -0.4 is 0 Å². The molecule has 18 heavy (non-hydrogen) atoms. The Labute approximate surface area is 104 Å². The minimum Gasteiger partial charge on any atom is -0.468 e. The maximum Gasteiger partial charge on any atom is 0.332 e. The Hall–Kier alpha value is -1.65. The topological polar surface area (TPSA) is 69.7 Å². The molecular formula is C13H14O5. The predicted molar refractivity (Wildman–Crippen MR) is 59.0 cm³/mol. The highest BCUT2D eigenvalue weighted by Crippen LogP contribution is 2.59. The smallest absolute Gasteiger partial charge is 0.332 e. The Morgan fingerprint density at radius 2 is 2.28 bits per heavy atom. The van der Waals surface area contributed by atoms with E-state index in [0.717, 1.165) is 12.8 Å². The molecule has 0 radical (unpaired) electrons. The van der Waals surface area contributed by atoms with Crippen LogP contribution in [0.4, 0.5) is 0 Å². The summed E-state index contributed by atoms with van der Waals surface area (Å²) in [5.41, 5.74) is -1.42. The van der Waals surface area contributed by atoms with Crippen molar-refractivity contribution >= 4 is 17.9 Å². The van der Waals surface area contributed by atoms with Crippen LogP contribution in [0.2, 0.25) is 0 Å². The van der Waals surface area contributed by atoms with Crippen LogP contribution >= 0.6 is 0 Å². The van der Waals surface area contributed by atoms with Crippen molar-refractivity contribution in [1.29, 1.82) is 0 Å². The Bertz CT molecular complexity index is 466. The lowest BCUT2D eigenvalue weighted by molar-refractivity contribution is -0.166. The zero-order valence-electron chi connectivity index (χ0n) is 10.0. The van der Waals surface area contributed by atoms with E-state index in [-0.39, 0.29) is 11.8 Å². The predicted octanol–water partition coefficient (Wildman–Crippen LogP) is 0.831. The maximum absolute atomic E-state index is 12.1. The molecule has 0 aromatic heterocycles. The van der Waals surface area contributed by atoms with Crippen LogP contribution in [0, 0.1) is 23.2 Å². The van der Waals surface area contributed by atoms with E-state index in [0.29, 0.717) is 6.42 Å². The van der Waals surface area contributed by atoms with Gasteiger partial charge in [0.15, 0.2) is 5.41 Å². The van der Waals surface area contributed by atoms with Crippen molar-refractivity contribution in [3.8, 4) is 0 Å². The van der Waals surface area contributed by atoms with Crippen molar-refractivity contribution in [2.45, 2.75) is 19.3 Å². The van der Waals surface area contributed by atoms with Gasteiger partial charge in [-0.1, -0.05) is 12.2 Å². The van der Waals surface area contributed by atoms with Gasteiger partial charge in [-0.25, -0.2) is 0 Å². The summed E-state index contributed by atoms with van der Waals surface area (Å²) in [6.45, 7) is 0. The van der Waals surface area contributed by atoms with Crippen LogP contribution in [-0.2, 0) is 23.9 Å². The quantitative estimate of drug-likeness (QED) is 0.391. The fourth-order valence-corrected chi connectivity index (χ4v) is 3.76. The Morgan fingerprint density at radius 3 is 3.00 bits per heavy atom. The molecule has 4 atom stereocenters. The lowest BCUT2D eigenvalue weighted by atomic mass is 9.71. The standard InChI is InChI=1S/C13H14O5/c1-17-11(15)13-8-5-3-2-4-7(6-8)9(13)10(14)18-12(13)16/h3,5,7-9H,2,4,6H2,1H3/t7-,8+,9-,13-/m1/s1. The van der Waals surface area contributed by atoms with Crippen LogP contribution in [0.3, 0.4) is 0 Å². The van der Waals surface area contributed by atoms with E-state index in [9.17, 15) is 14.4 Å². The number of allylic oxidation sites excluding steroid dienone is 2. The molecule has 2 bridgehead atoms. The van der Waals surface area contributed by atoms with Crippen LogP contribution in [0.25, 0.3) is 0 Å². The molecule has 1 saturated carbocycles. The van der Waals surface area contributed by atoms with E-state index in [1.54, 1.807) is 0 Å². The third kappa shape index (κ3) is 1.14. The van der Waals surface area contributed by atoms with Gasteiger partial charge in [0.2, 0.25) is 0 Å². The van der Waals surface area contributed by atoms with Crippen LogP contribution in [-0.4, -0.2) is 25.0 Å². The van der Waals surface area contributed by atoms with Gasteiger partial charge in [0.25, 0.3) is 0 Å². The molecule has 96 valence electrons. The molecule has 5 heteroatoms. The van der Waals surface area contributed by atoms with E-state index in [2.05, 4.69) is 0 Å². The molecule has 3 rings (SSSR count). The summed E-state index contributed by atoms with van der Waals surface area (Å²) in [5.74, 6) is -2.84. The van der Waals surface area contributed by atoms with Gasteiger partial charge < -0.3 is 9.47 Å². The number of rotatable bonds is 1. The summed E-state index contributed by atoms with van der Waals surface area (Å²) in [6, 6.07) is 0. The van der Waals surface area contributed by atoms with Crippen molar-refractivity contribution in [3.05, 3.63) is 12.2 Å². The number of esters is 3. The number of carbonyl (C=O) groups excluding carboxylic acids is 3. The molecular weight excluding hydrogens is 236 g/mol. The van der Waals surface area contributed by atoms with Crippen molar-refractivity contribution in [2.24, 2.45) is 23.2 Å². The zero-order valence-corrected chi connectivity index (χ0v) is 10.0. The van der Waals surface area contributed by atoms with Crippen molar-refractivity contribution < 1.29 is 23.9 Å². The minimum atomic E-state index is -1.42. The minimum absolute atomic E-state index is 0.0306. The first-order valence-electron chi connectivity index (χ1n) is 6.13. The molecule has 0 spiro atoms. The lowest BCUT2D eigenvalue weighted by Gasteiger charge is -2.26. The molecule has 5 nitrogen and oxygen atoms in total. The molecule has 3 aliphatic rings. The first-order chi connectivity index (χ1) is 8.62. The summed E-state index contributed by atoms with van der Waals surface area (Å²) in [4.78, 5) is 36.1. The third-order valence-electron chi connectivity index (χ3n) is 4.48. The largest absolute Gasteiger partial charge is 0.468 e. The van der Waals surface area contributed by atoms with Crippen LogP contribution in [0.5, 0.6) is 0 Å². The second-order valence-corrected chi connectivity index (χ2v) is 5.15.